The molecule has 0 unspecified atom stereocenters. The Labute approximate surface area is 102 Å². The first kappa shape index (κ1) is 13.7. The fourth-order valence-electron chi connectivity index (χ4n) is 2.27. The molecule has 0 spiro atoms. The molecule has 0 saturated heterocycles. The molecule has 0 heterocycles. The van der Waals surface area contributed by atoms with Crippen molar-refractivity contribution in [3.8, 4) is 0 Å². The summed E-state index contributed by atoms with van der Waals surface area (Å²) in [5.41, 5.74) is 0. The first-order valence-electron chi connectivity index (χ1n) is 6.26. The second-order valence-corrected chi connectivity index (χ2v) is 4.68. The molecule has 4 heteroatoms. The summed E-state index contributed by atoms with van der Waals surface area (Å²) in [5, 5.41) is 11.6. The van der Waals surface area contributed by atoms with Crippen LogP contribution in [0.5, 0.6) is 0 Å². The molecule has 96 valence electrons. The van der Waals surface area contributed by atoms with Gasteiger partial charge in [0.25, 0.3) is 0 Å². The van der Waals surface area contributed by atoms with Gasteiger partial charge in [0.15, 0.2) is 0 Å². The molecule has 1 fully saturated rings. The lowest BCUT2D eigenvalue weighted by Gasteiger charge is -2.15. The van der Waals surface area contributed by atoms with Crippen LogP contribution in [0.4, 0.5) is 0 Å². The quantitative estimate of drug-likeness (QED) is 0.669. The summed E-state index contributed by atoms with van der Waals surface area (Å²) in [6, 6.07) is -0.776. The molecular formula is C13H21NO3. The van der Waals surface area contributed by atoms with Gasteiger partial charge in [-0.2, -0.15) is 0 Å². The summed E-state index contributed by atoms with van der Waals surface area (Å²) in [4.78, 5) is 22.6. The summed E-state index contributed by atoms with van der Waals surface area (Å²) in [6.07, 6.45) is 7.72. The third kappa shape index (κ3) is 5.02. The molecule has 1 atom stereocenters. The molecule has 1 saturated carbocycles. The van der Waals surface area contributed by atoms with Crippen LogP contribution in [-0.4, -0.2) is 23.0 Å². The van der Waals surface area contributed by atoms with E-state index < -0.39 is 12.0 Å². The average molecular weight is 239 g/mol. The van der Waals surface area contributed by atoms with Gasteiger partial charge in [0.05, 0.1) is 0 Å². The van der Waals surface area contributed by atoms with Crippen LogP contribution in [0.25, 0.3) is 0 Å². The summed E-state index contributed by atoms with van der Waals surface area (Å²) in [6.45, 7) is 3.55. The molecule has 0 bridgehead atoms. The Hall–Kier alpha value is -1.32. The minimum absolute atomic E-state index is 0.131. The standard InChI is InChI=1S/C13H21NO3/c1-2-3-8-11(13(16)17)14-12(15)9-10-6-4-5-7-10/h2,10-11H,1,3-9H2,(H,14,15)(H,16,17)/t11-/m1/s1. The van der Waals surface area contributed by atoms with Crippen LogP contribution in [0.1, 0.15) is 44.9 Å². The van der Waals surface area contributed by atoms with Crippen LogP contribution < -0.4 is 5.32 Å². The number of aliphatic carboxylic acids is 1. The van der Waals surface area contributed by atoms with E-state index >= 15 is 0 Å². The van der Waals surface area contributed by atoms with Crippen LogP contribution in [0.15, 0.2) is 12.7 Å². The molecule has 1 rings (SSSR count). The fourth-order valence-corrected chi connectivity index (χ4v) is 2.27. The highest BCUT2D eigenvalue weighted by atomic mass is 16.4. The number of carboxylic acids is 1. The minimum atomic E-state index is -0.966. The molecule has 1 amide bonds. The SMILES string of the molecule is C=CCC[C@@H](NC(=O)CC1CCCC1)C(=O)O. The van der Waals surface area contributed by atoms with Crippen molar-refractivity contribution in [1.82, 2.24) is 5.32 Å². The minimum Gasteiger partial charge on any atom is -0.480 e. The van der Waals surface area contributed by atoms with Crippen LogP contribution >= 0.6 is 0 Å². The Bertz CT molecular complexity index is 282. The molecule has 1 aliphatic rings. The van der Waals surface area contributed by atoms with Crippen molar-refractivity contribution in [2.75, 3.05) is 0 Å². The Morgan fingerprint density at radius 3 is 2.59 bits per heavy atom. The largest absolute Gasteiger partial charge is 0.480 e. The molecule has 1 aliphatic carbocycles. The molecule has 0 aromatic rings. The summed E-state index contributed by atoms with van der Waals surface area (Å²) < 4.78 is 0. The van der Waals surface area contributed by atoms with Crippen molar-refractivity contribution in [2.45, 2.75) is 51.0 Å². The highest BCUT2D eigenvalue weighted by molar-refractivity contribution is 5.83. The van der Waals surface area contributed by atoms with E-state index in [9.17, 15) is 9.59 Å². The van der Waals surface area contributed by atoms with Crippen molar-refractivity contribution >= 4 is 11.9 Å². The topological polar surface area (TPSA) is 66.4 Å². The number of amides is 1. The molecular weight excluding hydrogens is 218 g/mol. The first-order valence-corrected chi connectivity index (χ1v) is 6.26. The van der Waals surface area contributed by atoms with Crippen LogP contribution in [0.3, 0.4) is 0 Å². The third-order valence-corrected chi connectivity index (χ3v) is 3.24. The van der Waals surface area contributed by atoms with Gasteiger partial charge in [0.1, 0.15) is 6.04 Å². The molecule has 0 aromatic carbocycles. The summed E-state index contributed by atoms with van der Waals surface area (Å²) >= 11 is 0. The summed E-state index contributed by atoms with van der Waals surface area (Å²) in [7, 11) is 0. The predicted molar refractivity (Wildman–Crippen MR) is 65.6 cm³/mol. The smallest absolute Gasteiger partial charge is 0.326 e. The van der Waals surface area contributed by atoms with Gasteiger partial charge in [-0.25, -0.2) is 4.79 Å². The fraction of sp³-hybridized carbons (Fsp3) is 0.692. The van der Waals surface area contributed by atoms with Gasteiger partial charge in [0, 0.05) is 6.42 Å². The number of carbonyl (C=O) groups excluding carboxylic acids is 1. The lowest BCUT2D eigenvalue weighted by atomic mass is 10.0. The van der Waals surface area contributed by atoms with Crippen LogP contribution in [-0.2, 0) is 9.59 Å². The number of allylic oxidation sites excluding steroid dienone is 1. The lowest BCUT2D eigenvalue weighted by Crippen LogP contribution is -2.41. The first-order chi connectivity index (χ1) is 8.13. The van der Waals surface area contributed by atoms with E-state index in [0.29, 0.717) is 25.2 Å². The van der Waals surface area contributed by atoms with Gasteiger partial charge >= 0.3 is 5.97 Å². The van der Waals surface area contributed by atoms with Gasteiger partial charge < -0.3 is 10.4 Å². The molecule has 0 aromatic heterocycles. The maximum absolute atomic E-state index is 11.7. The van der Waals surface area contributed by atoms with Crippen molar-refractivity contribution in [1.29, 1.82) is 0 Å². The van der Waals surface area contributed by atoms with Crippen molar-refractivity contribution in [3.63, 3.8) is 0 Å². The number of carbonyl (C=O) groups is 2. The van der Waals surface area contributed by atoms with E-state index in [1.165, 1.54) is 12.8 Å². The van der Waals surface area contributed by atoms with E-state index in [1.807, 2.05) is 0 Å². The summed E-state index contributed by atoms with van der Waals surface area (Å²) in [5.74, 6) is -0.649. The van der Waals surface area contributed by atoms with Crippen molar-refractivity contribution in [2.24, 2.45) is 5.92 Å². The predicted octanol–water partition coefficient (Wildman–Crippen LogP) is 2.10. The zero-order valence-electron chi connectivity index (χ0n) is 10.2. The van der Waals surface area contributed by atoms with E-state index in [1.54, 1.807) is 6.08 Å². The second kappa shape index (κ2) is 7.09. The Morgan fingerprint density at radius 2 is 2.06 bits per heavy atom. The molecule has 2 N–H and O–H groups in total. The number of hydrogen-bond donors (Lipinski definition) is 2. The van der Waals surface area contributed by atoms with E-state index in [-0.39, 0.29) is 5.91 Å². The number of hydrogen-bond acceptors (Lipinski definition) is 2. The van der Waals surface area contributed by atoms with Crippen LogP contribution in [0.2, 0.25) is 0 Å². The maximum Gasteiger partial charge on any atom is 0.326 e. The average Bonchev–Trinajstić information content (AvgIpc) is 2.76. The lowest BCUT2D eigenvalue weighted by molar-refractivity contribution is -0.142. The Morgan fingerprint density at radius 1 is 1.41 bits per heavy atom. The van der Waals surface area contributed by atoms with Gasteiger partial charge in [-0.15, -0.1) is 6.58 Å². The molecule has 4 nitrogen and oxygen atoms in total. The zero-order chi connectivity index (χ0) is 12.7. The van der Waals surface area contributed by atoms with Crippen molar-refractivity contribution < 1.29 is 14.7 Å². The number of carboxylic acid groups (broad SMARTS) is 1. The van der Waals surface area contributed by atoms with Gasteiger partial charge in [-0.1, -0.05) is 18.9 Å². The van der Waals surface area contributed by atoms with Gasteiger partial charge in [-0.05, 0) is 31.6 Å². The Balaban J connectivity index is 2.34. The maximum atomic E-state index is 11.7. The highest BCUT2D eigenvalue weighted by Gasteiger charge is 2.22. The second-order valence-electron chi connectivity index (χ2n) is 4.68. The highest BCUT2D eigenvalue weighted by Crippen LogP contribution is 2.27. The van der Waals surface area contributed by atoms with Gasteiger partial charge in [0.2, 0.25) is 5.91 Å². The normalized spacial score (nSPS) is 17.6. The molecule has 0 radical (unpaired) electrons. The molecule has 17 heavy (non-hydrogen) atoms. The van der Waals surface area contributed by atoms with Crippen LogP contribution in [0, 0.1) is 5.92 Å². The third-order valence-electron chi connectivity index (χ3n) is 3.24. The van der Waals surface area contributed by atoms with E-state index in [4.69, 9.17) is 5.11 Å². The number of rotatable bonds is 7. The monoisotopic (exact) mass is 239 g/mol. The van der Waals surface area contributed by atoms with E-state index in [2.05, 4.69) is 11.9 Å². The van der Waals surface area contributed by atoms with Gasteiger partial charge in [-0.3, -0.25) is 4.79 Å². The van der Waals surface area contributed by atoms with Crippen molar-refractivity contribution in [3.05, 3.63) is 12.7 Å². The van der Waals surface area contributed by atoms with E-state index in [0.717, 1.165) is 12.8 Å². The Kier molecular flexibility index (Phi) is 5.73. The number of nitrogens with one attached hydrogen (secondary N) is 1. The molecule has 0 aliphatic heterocycles. The zero-order valence-corrected chi connectivity index (χ0v) is 10.2.